The van der Waals surface area contributed by atoms with Crippen LogP contribution in [0, 0.1) is 18.8 Å². The SMILES string of the molecule is COC(=O)[C@H]1CC[C@H](CCN2CCc3c(nc(C(=O)Nc4cccc(-c5cccc(Nc6nccc7cc(COS(C)(=O)=O)cnc67)c5C)c4Cl)n3C)C2)CC1. The number of benzene rings is 2. The number of aromatic nitrogens is 4. The highest BCUT2D eigenvalue weighted by atomic mass is 35.5. The number of rotatable bonds is 12. The third kappa shape index (κ3) is 8.73. The highest BCUT2D eigenvalue weighted by Crippen LogP contribution is 2.39. The van der Waals surface area contributed by atoms with Crippen molar-refractivity contribution in [2.75, 3.05) is 37.1 Å². The van der Waals surface area contributed by atoms with Gasteiger partial charge in [0.05, 0.1) is 42.3 Å². The summed E-state index contributed by atoms with van der Waals surface area (Å²) in [5.41, 5.74) is 7.02. The fourth-order valence-electron chi connectivity index (χ4n) is 7.85. The number of ether oxygens (including phenoxy) is 1. The molecule has 3 aromatic heterocycles. The first-order valence-electron chi connectivity index (χ1n) is 18.8. The van der Waals surface area contributed by atoms with Gasteiger partial charge in [-0.1, -0.05) is 35.9 Å². The number of methoxy groups -OCH3 is 1. The van der Waals surface area contributed by atoms with Crippen LogP contribution in [0.5, 0.6) is 0 Å². The number of fused-ring (bicyclic) bond motifs is 2. The molecular weight excluding hydrogens is 754 g/mol. The highest BCUT2D eigenvalue weighted by molar-refractivity contribution is 7.85. The predicted molar refractivity (Wildman–Crippen MR) is 216 cm³/mol. The molecule has 13 nitrogen and oxygen atoms in total. The van der Waals surface area contributed by atoms with Crippen molar-refractivity contribution in [2.24, 2.45) is 18.9 Å². The lowest BCUT2D eigenvalue weighted by Crippen LogP contribution is -2.33. The minimum atomic E-state index is -3.59. The highest BCUT2D eigenvalue weighted by Gasteiger charge is 2.29. The summed E-state index contributed by atoms with van der Waals surface area (Å²) in [7, 11) is -0.231. The number of carbonyl (C=O) groups is 2. The summed E-state index contributed by atoms with van der Waals surface area (Å²) in [4.78, 5) is 42.0. The van der Waals surface area contributed by atoms with Gasteiger partial charge in [0.2, 0.25) is 0 Å². The van der Waals surface area contributed by atoms with Crippen LogP contribution in [0.4, 0.5) is 17.2 Å². The number of amides is 1. The Morgan fingerprint density at radius 1 is 1.02 bits per heavy atom. The van der Waals surface area contributed by atoms with Crippen LogP contribution in [-0.4, -0.2) is 71.2 Å². The Morgan fingerprint density at radius 3 is 2.52 bits per heavy atom. The van der Waals surface area contributed by atoms with Crippen LogP contribution in [0.3, 0.4) is 0 Å². The molecule has 294 valence electrons. The number of nitrogens with one attached hydrogen (secondary N) is 2. The van der Waals surface area contributed by atoms with E-state index >= 15 is 0 Å². The van der Waals surface area contributed by atoms with Crippen LogP contribution in [-0.2, 0) is 50.5 Å². The molecule has 1 saturated carbocycles. The lowest BCUT2D eigenvalue weighted by Gasteiger charge is -2.31. The molecule has 15 heteroatoms. The summed E-state index contributed by atoms with van der Waals surface area (Å²) in [6.07, 6.45) is 10.0. The summed E-state index contributed by atoms with van der Waals surface area (Å²) in [6.45, 7) is 4.43. The van der Waals surface area contributed by atoms with E-state index in [9.17, 15) is 18.0 Å². The van der Waals surface area contributed by atoms with E-state index in [1.807, 2.05) is 54.9 Å². The molecule has 2 aliphatic rings. The average molecular weight is 800 g/mol. The maximum absolute atomic E-state index is 13.7. The monoisotopic (exact) mass is 799 g/mol. The predicted octanol–water partition coefficient (Wildman–Crippen LogP) is 7.19. The van der Waals surface area contributed by atoms with Gasteiger partial charge in [-0.15, -0.1) is 0 Å². The van der Waals surface area contributed by atoms with Crippen molar-refractivity contribution in [3.05, 3.63) is 94.3 Å². The summed E-state index contributed by atoms with van der Waals surface area (Å²) < 4.78 is 34.7. The Kier molecular flexibility index (Phi) is 11.7. The number of esters is 1. The maximum Gasteiger partial charge on any atom is 0.308 e. The zero-order chi connectivity index (χ0) is 39.6. The molecule has 2 aromatic carbocycles. The molecule has 2 N–H and O–H groups in total. The van der Waals surface area contributed by atoms with Crippen LogP contribution in [0.2, 0.25) is 5.02 Å². The molecule has 0 saturated heterocycles. The van der Waals surface area contributed by atoms with Gasteiger partial charge in [0, 0.05) is 61.3 Å². The maximum atomic E-state index is 13.7. The molecule has 7 rings (SSSR count). The van der Waals surface area contributed by atoms with E-state index in [1.165, 1.54) is 7.11 Å². The van der Waals surface area contributed by atoms with Crippen LogP contribution in [0.25, 0.3) is 22.0 Å². The fraction of sp³-hybridized carbons (Fsp3) is 0.390. The van der Waals surface area contributed by atoms with E-state index in [4.69, 9.17) is 25.5 Å². The Labute approximate surface area is 331 Å². The van der Waals surface area contributed by atoms with Gasteiger partial charge in [-0.3, -0.25) is 23.7 Å². The van der Waals surface area contributed by atoms with Crippen molar-refractivity contribution in [1.29, 1.82) is 0 Å². The Bertz CT molecular complexity index is 2390. The molecule has 56 heavy (non-hydrogen) atoms. The first-order valence-corrected chi connectivity index (χ1v) is 21.0. The molecule has 1 amide bonds. The minimum Gasteiger partial charge on any atom is -0.469 e. The topological polar surface area (TPSA) is 158 Å². The zero-order valence-electron chi connectivity index (χ0n) is 32.0. The number of hydrogen-bond donors (Lipinski definition) is 2. The van der Waals surface area contributed by atoms with E-state index in [2.05, 4.69) is 25.5 Å². The number of halogens is 1. The zero-order valence-corrected chi connectivity index (χ0v) is 33.5. The van der Waals surface area contributed by atoms with Crippen LogP contribution < -0.4 is 10.6 Å². The lowest BCUT2D eigenvalue weighted by molar-refractivity contribution is -0.146. The summed E-state index contributed by atoms with van der Waals surface area (Å²) in [5.74, 6) is 1.11. The molecule has 0 atom stereocenters. The van der Waals surface area contributed by atoms with Gasteiger partial charge in [-0.25, -0.2) is 9.97 Å². The van der Waals surface area contributed by atoms with Crippen molar-refractivity contribution in [2.45, 2.75) is 58.6 Å². The van der Waals surface area contributed by atoms with Gasteiger partial charge in [0.15, 0.2) is 11.6 Å². The molecule has 0 bridgehead atoms. The molecule has 5 aromatic rings. The molecule has 0 spiro atoms. The van der Waals surface area contributed by atoms with E-state index < -0.39 is 10.1 Å². The van der Waals surface area contributed by atoms with Gasteiger partial charge in [0.25, 0.3) is 16.0 Å². The number of imidazole rings is 1. The van der Waals surface area contributed by atoms with Crippen LogP contribution >= 0.6 is 11.6 Å². The Balaban J connectivity index is 1.02. The van der Waals surface area contributed by atoms with Crippen LogP contribution in [0.1, 0.15) is 65.2 Å². The second kappa shape index (κ2) is 16.7. The van der Waals surface area contributed by atoms with Gasteiger partial charge < -0.3 is 19.9 Å². The third-order valence-corrected chi connectivity index (χ3v) is 11.9. The standard InChI is InChI=1S/C41H46ClN7O6S/c1-25-30(7-5-9-32(25)45-38-37-29(15-18-43-38)21-27(22-44-37)24-55-56(4,52)53)31-8-6-10-33(36(31)42)47-40(50)39-46-34-23-49(20-17-35(34)48(39)2)19-16-26-11-13-28(14-12-26)41(51)54-3/h5-10,15,18,21-22,26,28H,11-14,16-17,19-20,23-24H2,1-4H3,(H,43,45)(H,47,50)/t26-,28-. The molecule has 1 fully saturated rings. The van der Waals surface area contributed by atoms with Crippen LogP contribution in [0.15, 0.2) is 60.9 Å². The number of carbonyl (C=O) groups excluding carboxylic acids is 2. The summed E-state index contributed by atoms with van der Waals surface area (Å²) >= 11 is 7.03. The summed E-state index contributed by atoms with van der Waals surface area (Å²) in [5, 5.41) is 7.61. The normalized spacial score (nSPS) is 17.4. The third-order valence-electron chi connectivity index (χ3n) is 11.0. The van der Waals surface area contributed by atoms with E-state index in [1.54, 1.807) is 24.5 Å². The molecular formula is C41H46ClN7O6S. The fourth-order valence-corrected chi connectivity index (χ4v) is 8.48. The number of nitrogens with zero attached hydrogens (tertiary/aromatic N) is 5. The molecule has 0 radical (unpaired) electrons. The van der Waals surface area contributed by atoms with Crippen molar-refractivity contribution in [3.63, 3.8) is 0 Å². The molecule has 0 unspecified atom stereocenters. The first-order chi connectivity index (χ1) is 26.9. The minimum absolute atomic E-state index is 0.0381. The Hall–Kier alpha value is -4.89. The Morgan fingerprint density at radius 2 is 1.77 bits per heavy atom. The second-order valence-electron chi connectivity index (χ2n) is 14.7. The van der Waals surface area contributed by atoms with Crippen molar-refractivity contribution >= 4 is 61.7 Å². The number of pyridine rings is 2. The second-order valence-corrected chi connectivity index (χ2v) is 16.7. The quantitative estimate of drug-likeness (QED) is 0.0972. The largest absolute Gasteiger partial charge is 0.469 e. The smallest absolute Gasteiger partial charge is 0.308 e. The van der Waals surface area contributed by atoms with E-state index in [-0.39, 0.29) is 24.4 Å². The van der Waals surface area contributed by atoms with E-state index in [0.717, 1.165) is 97.0 Å². The molecule has 1 aliphatic carbocycles. The number of anilines is 3. The van der Waals surface area contributed by atoms with E-state index in [0.29, 0.717) is 45.9 Å². The summed E-state index contributed by atoms with van der Waals surface area (Å²) in [6, 6.07) is 15.0. The average Bonchev–Trinajstić information content (AvgIpc) is 3.53. The molecule has 1 aliphatic heterocycles. The van der Waals surface area contributed by atoms with Gasteiger partial charge >= 0.3 is 5.97 Å². The van der Waals surface area contributed by atoms with Crippen molar-refractivity contribution in [3.8, 4) is 11.1 Å². The van der Waals surface area contributed by atoms with Crippen molar-refractivity contribution < 1.29 is 26.9 Å². The van der Waals surface area contributed by atoms with Gasteiger partial charge in [-0.2, -0.15) is 8.42 Å². The molecule has 4 heterocycles. The first kappa shape index (κ1) is 39.3. The van der Waals surface area contributed by atoms with Gasteiger partial charge in [-0.05, 0) is 92.4 Å². The lowest BCUT2D eigenvalue weighted by atomic mass is 9.80. The number of hydrogen-bond acceptors (Lipinski definition) is 11. The van der Waals surface area contributed by atoms with Gasteiger partial charge in [0.1, 0.15) is 5.52 Å². The van der Waals surface area contributed by atoms with Crippen molar-refractivity contribution in [1.82, 2.24) is 24.4 Å².